The predicted octanol–water partition coefficient (Wildman–Crippen LogP) is 4.54. The lowest BCUT2D eigenvalue weighted by atomic mass is 9.59. The standard InChI is InChI=1S/C25H27N3O3/c1-23-9-8-17-13-16-4-5-18(28-30)14-24(16)10-11-25(17,31-24)21(23)7-6-20(23)22(29)27-19-3-2-12-26-15-19/h2-3,6,8,12-13,15,21,30H,4-5,7,9-11,14H2,1H3,(H,27,29)/t21-,23-,24-,25-/m1/s1. The molecule has 2 N–H and O–H groups in total. The number of nitrogens with zero attached hydrogens (tertiary/aromatic N) is 2. The van der Waals surface area contributed by atoms with Gasteiger partial charge >= 0.3 is 0 Å². The van der Waals surface area contributed by atoms with Crippen LogP contribution in [0.15, 0.2) is 64.6 Å². The first-order valence-corrected chi connectivity index (χ1v) is 11.2. The van der Waals surface area contributed by atoms with E-state index in [-0.39, 0.29) is 28.4 Å². The number of hydrogen-bond donors (Lipinski definition) is 2. The summed E-state index contributed by atoms with van der Waals surface area (Å²) in [5.74, 6) is 0.182. The average Bonchev–Trinajstić information content (AvgIpc) is 3.29. The van der Waals surface area contributed by atoms with Gasteiger partial charge in [-0.25, -0.2) is 0 Å². The maximum Gasteiger partial charge on any atom is 0.251 e. The number of ether oxygens (including phenoxy) is 1. The zero-order valence-electron chi connectivity index (χ0n) is 17.7. The molecule has 4 atom stereocenters. The number of carbonyl (C=O) groups excluding carboxylic acids is 1. The second kappa shape index (κ2) is 6.39. The van der Waals surface area contributed by atoms with Crippen LogP contribution in [0.1, 0.15) is 51.9 Å². The van der Waals surface area contributed by atoms with Crippen molar-refractivity contribution < 1.29 is 14.7 Å². The minimum Gasteiger partial charge on any atom is -0.411 e. The summed E-state index contributed by atoms with van der Waals surface area (Å²) in [5.41, 5.74) is 4.08. The number of allylic oxidation sites excluding steroid dienone is 2. The Morgan fingerprint density at radius 1 is 1.32 bits per heavy atom. The maximum absolute atomic E-state index is 13.2. The second-order valence-corrected chi connectivity index (χ2v) is 9.88. The van der Waals surface area contributed by atoms with E-state index in [2.05, 4.69) is 40.6 Å². The first-order valence-electron chi connectivity index (χ1n) is 11.2. The van der Waals surface area contributed by atoms with Crippen molar-refractivity contribution in [1.29, 1.82) is 0 Å². The van der Waals surface area contributed by atoms with Crippen molar-refractivity contribution in [1.82, 2.24) is 4.98 Å². The molecule has 1 saturated heterocycles. The maximum atomic E-state index is 13.2. The Hall–Kier alpha value is -2.73. The quantitative estimate of drug-likeness (QED) is 0.546. The van der Waals surface area contributed by atoms with Crippen molar-refractivity contribution in [3.63, 3.8) is 0 Å². The fourth-order valence-electron chi connectivity index (χ4n) is 6.89. The van der Waals surface area contributed by atoms with Crippen LogP contribution >= 0.6 is 0 Å². The van der Waals surface area contributed by atoms with E-state index in [1.807, 2.05) is 12.1 Å². The Bertz CT molecular complexity index is 1090. The number of amides is 1. The minimum atomic E-state index is -0.360. The summed E-state index contributed by atoms with van der Waals surface area (Å²) < 4.78 is 7.03. The highest BCUT2D eigenvalue weighted by molar-refractivity contribution is 6.05. The lowest BCUT2D eigenvalue weighted by Gasteiger charge is -2.53. The SMILES string of the molecule is C[C@]12CC=C3C=C4CCC(=NO)C[C@]45CC[C@]3(O5)[C@@H]1CC=C2C(=O)Nc1cccnc1. The number of pyridine rings is 1. The third kappa shape index (κ3) is 2.51. The van der Waals surface area contributed by atoms with Crippen molar-refractivity contribution in [3.05, 3.63) is 59.5 Å². The minimum absolute atomic E-state index is 0.0432. The summed E-state index contributed by atoms with van der Waals surface area (Å²) in [6.07, 6.45) is 16.1. The topological polar surface area (TPSA) is 83.8 Å². The number of rotatable bonds is 2. The summed E-state index contributed by atoms with van der Waals surface area (Å²) in [6.45, 7) is 2.22. The van der Waals surface area contributed by atoms with Crippen molar-refractivity contribution in [2.24, 2.45) is 16.5 Å². The molecular formula is C25H27N3O3. The molecule has 2 aliphatic heterocycles. The normalized spacial score (nSPS) is 39.1. The molecule has 0 radical (unpaired) electrons. The highest BCUT2D eigenvalue weighted by Crippen LogP contribution is 2.66. The van der Waals surface area contributed by atoms with Crippen LogP contribution in [-0.2, 0) is 9.53 Å². The highest BCUT2D eigenvalue weighted by Gasteiger charge is 2.65. The average molecular weight is 418 g/mol. The first kappa shape index (κ1) is 19.0. The highest BCUT2D eigenvalue weighted by atomic mass is 16.5. The van der Waals surface area contributed by atoms with Gasteiger partial charge in [0.2, 0.25) is 0 Å². The number of hydrogen-bond acceptors (Lipinski definition) is 5. The zero-order chi connectivity index (χ0) is 21.3. The largest absolute Gasteiger partial charge is 0.411 e. The van der Waals surface area contributed by atoms with Gasteiger partial charge in [0, 0.05) is 29.5 Å². The summed E-state index contributed by atoms with van der Waals surface area (Å²) in [6, 6.07) is 3.68. The number of nitrogens with one attached hydrogen (secondary N) is 1. The molecule has 2 spiro atoms. The molecule has 1 amide bonds. The third-order valence-electron chi connectivity index (χ3n) is 8.41. The monoisotopic (exact) mass is 417 g/mol. The van der Waals surface area contributed by atoms with E-state index in [1.165, 1.54) is 11.1 Å². The number of fused-ring (bicyclic) bond motifs is 1. The van der Waals surface area contributed by atoms with Crippen LogP contribution in [0.3, 0.4) is 0 Å². The Labute approximate surface area is 181 Å². The molecule has 2 fully saturated rings. The molecule has 6 nitrogen and oxygen atoms in total. The Morgan fingerprint density at radius 2 is 2.23 bits per heavy atom. The van der Waals surface area contributed by atoms with Crippen LogP contribution < -0.4 is 5.32 Å². The van der Waals surface area contributed by atoms with E-state index in [4.69, 9.17) is 4.74 Å². The van der Waals surface area contributed by atoms with Crippen LogP contribution in [0.2, 0.25) is 0 Å². The summed E-state index contributed by atoms with van der Waals surface area (Å²) in [7, 11) is 0. The van der Waals surface area contributed by atoms with Gasteiger partial charge in [-0.15, -0.1) is 0 Å². The summed E-state index contributed by atoms with van der Waals surface area (Å²) >= 11 is 0. The molecule has 1 saturated carbocycles. The van der Waals surface area contributed by atoms with Crippen molar-refractivity contribution >= 4 is 17.3 Å². The van der Waals surface area contributed by atoms with Gasteiger partial charge < -0.3 is 15.3 Å². The van der Waals surface area contributed by atoms with Crippen LogP contribution in [0.5, 0.6) is 0 Å². The lowest BCUT2D eigenvalue weighted by molar-refractivity contribution is -0.126. The molecule has 3 heterocycles. The number of carbonyl (C=O) groups is 1. The van der Waals surface area contributed by atoms with Gasteiger partial charge in [0.05, 0.1) is 28.8 Å². The van der Waals surface area contributed by atoms with Gasteiger partial charge in [0.1, 0.15) is 0 Å². The molecule has 31 heavy (non-hydrogen) atoms. The van der Waals surface area contributed by atoms with Gasteiger partial charge in [0.15, 0.2) is 0 Å². The molecule has 3 aliphatic carbocycles. The molecule has 1 aromatic heterocycles. The number of oxime groups is 1. The van der Waals surface area contributed by atoms with E-state index in [0.29, 0.717) is 12.1 Å². The van der Waals surface area contributed by atoms with Crippen molar-refractivity contribution in [2.75, 3.05) is 5.32 Å². The molecule has 2 bridgehead atoms. The molecule has 1 aromatic rings. The first-order chi connectivity index (χ1) is 15.0. The predicted molar refractivity (Wildman–Crippen MR) is 117 cm³/mol. The summed E-state index contributed by atoms with van der Waals surface area (Å²) in [4.78, 5) is 17.3. The Kier molecular flexibility index (Phi) is 3.91. The fraction of sp³-hybridized carbons (Fsp3) is 0.480. The molecule has 6 heteroatoms. The van der Waals surface area contributed by atoms with Crippen LogP contribution in [-0.4, -0.2) is 33.0 Å². The van der Waals surface area contributed by atoms with E-state index < -0.39 is 0 Å². The number of anilines is 1. The van der Waals surface area contributed by atoms with E-state index in [9.17, 15) is 10.0 Å². The van der Waals surface area contributed by atoms with E-state index in [0.717, 1.165) is 49.8 Å². The van der Waals surface area contributed by atoms with Gasteiger partial charge in [-0.3, -0.25) is 9.78 Å². The number of aromatic nitrogens is 1. The molecular weight excluding hydrogens is 390 g/mol. The summed E-state index contributed by atoms with van der Waals surface area (Å²) in [5, 5.41) is 15.9. The fourth-order valence-corrected chi connectivity index (χ4v) is 6.89. The molecule has 0 aromatic carbocycles. The van der Waals surface area contributed by atoms with Crippen LogP contribution in [0.4, 0.5) is 5.69 Å². The molecule has 5 aliphatic rings. The van der Waals surface area contributed by atoms with Gasteiger partial charge in [-0.1, -0.05) is 30.3 Å². The van der Waals surface area contributed by atoms with Crippen molar-refractivity contribution in [2.45, 2.75) is 63.1 Å². The smallest absolute Gasteiger partial charge is 0.251 e. The third-order valence-corrected chi connectivity index (χ3v) is 8.41. The van der Waals surface area contributed by atoms with Gasteiger partial charge in [-0.05, 0) is 61.8 Å². The zero-order valence-corrected chi connectivity index (χ0v) is 17.7. The van der Waals surface area contributed by atoms with Gasteiger partial charge in [-0.2, -0.15) is 0 Å². The molecule has 160 valence electrons. The van der Waals surface area contributed by atoms with Gasteiger partial charge in [0.25, 0.3) is 5.91 Å². The Balaban J connectivity index is 1.34. The van der Waals surface area contributed by atoms with Crippen molar-refractivity contribution in [3.8, 4) is 0 Å². The van der Waals surface area contributed by atoms with E-state index in [1.54, 1.807) is 12.4 Å². The molecule has 0 unspecified atom stereocenters. The van der Waals surface area contributed by atoms with Crippen LogP contribution in [0, 0.1) is 11.3 Å². The van der Waals surface area contributed by atoms with Crippen LogP contribution in [0.25, 0.3) is 0 Å². The Morgan fingerprint density at radius 3 is 3.03 bits per heavy atom. The molecule has 6 rings (SSSR count). The lowest BCUT2D eigenvalue weighted by Crippen LogP contribution is -2.54. The second-order valence-electron chi connectivity index (χ2n) is 9.88. The van der Waals surface area contributed by atoms with E-state index >= 15 is 0 Å².